The predicted molar refractivity (Wildman–Crippen MR) is 91.4 cm³/mol. The van der Waals surface area contributed by atoms with Crippen molar-refractivity contribution in [1.82, 2.24) is 0 Å². The molecule has 0 radical (unpaired) electrons. The summed E-state index contributed by atoms with van der Waals surface area (Å²) in [6, 6.07) is 8.03. The van der Waals surface area contributed by atoms with E-state index in [1.807, 2.05) is 0 Å². The number of ether oxygens (including phenoxy) is 2. The van der Waals surface area contributed by atoms with Crippen LogP contribution in [0.2, 0.25) is 0 Å². The second-order valence-corrected chi connectivity index (χ2v) is 6.96. The molecule has 0 bridgehead atoms. The maximum absolute atomic E-state index is 13.8. The molecule has 1 heterocycles. The van der Waals surface area contributed by atoms with Crippen molar-refractivity contribution in [3.63, 3.8) is 0 Å². The summed E-state index contributed by atoms with van der Waals surface area (Å²) in [5, 5.41) is -4.18. The molecule has 3 nitrogen and oxygen atoms in total. The SMILES string of the molecule is Fc1cccc(F)c1C1=NC(COc2ccc(SC(F)(F)C(F)F)cc2)CO1. The molecule has 0 saturated heterocycles. The molecule has 1 aliphatic rings. The second kappa shape index (κ2) is 8.34. The van der Waals surface area contributed by atoms with Crippen molar-refractivity contribution < 1.29 is 35.8 Å². The maximum Gasteiger partial charge on any atom is 0.357 e. The smallest absolute Gasteiger partial charge is 0.357 e. The minimum Gasteiger partial charge on any atom is -0.491 e. The summed E-state index contributed by atoms with van der Waals surface area (Å²) in [6.45, 7) is 0.0664. The molecule has 0 aromatic heterocycles. The van der Waals surface area contributed by atoms with Gasteiger partial charge in [-0.25, -0.2) is 22.6 Å². The van der Waals surface area contributed by atoms with E-state index in [1.165, 1.54) is 30.3 Å². The molecule has 1 unspecified atom stereocenters. The molecule has 2 aromatic carbocycles. The normalized spacial score (nSPS) is 16.8. The van der Waals surface area contributed by atoms with Gasteiger partial charge in [0, 0.05) is 4.90 Å². The Bertz CT molecular complexity index is 839. The van der Waals surface area contributed by atoms with E-state index in [1.54, 1.807) is 0 Å². The lowest BCUT2D eigenvalue weighted by molar-refractivity contribution is -0.0563. The first-order valence-corrected chi connectivity index (χ1v) is 8.81. The average molecular weight is 421 g/mol. The average Bonchev–Trinajstić information content (AvgIpc) is 3.09. The third kappa shape index (κ3) is 4.73. The van der Waals surface area contributed by atoms with Gasteiger partial charge in [-0.1, -0.05) is 6.07 Å². The number of benzene rings is 2. The Kier molecular flexibility index (Phi) is 6.07. The van der Waals surface area contributed by atoms with E-state index in [4.69, 9.17) is 9.47 Å². The van der Waals surface area contributed by atoms with Gasteiger partial charge in [-0.15, -0.1) is 0 Å². The largest absolute Gasteiger partial charge is 0.491 e. The Morgan fingerprint density at radius 3 is 2.36 bits per heavy atom. The lowest BCUT2D eigenvalue weighted by Gasteiger charge is -2.14. The second-order valence-electron chi connectivity index (χ2n) is 5.74. The molecule has 28 heavy (non-hydrogen) atoms. The number of thioether (sulfide) groups is 1. The molecular weight excluding hydrogens is 408 g/mol. The van der Waals surface area contributed by atoms with Crippen LogP contribution in [-0.4, -0.2) is 36.8 Å². The topological polar surface area (TPSA) is 30.8 Å². The highest BCUT2D eigenvalue weighted by Crippen LogP contribution is 2.40. The fourth-order valence-corrected chi connectivity index (χ4v) is 3.01. The molecule has 10 heteroatoms. The van der Waals surface area contributed by atoms with Crippen LogP contribution in [0.4, 0.5) is 26.3 Å². The molecule has 3 rings (SSSR count). The van der Waals surface area contributed by atoms with Gasteiger partial charge in [-0.3, -0.25) is 0 Å². The van der Waals surface area contributed by atoms with Crippen LogP contribution in [-0.2, 0) is 4.74 Å². The molecule has 1 atom stereocenters. The number of nitrogens with zero attached hydrogens (tertiary/aromatic N) is 1. The summed E-state index contributed by atoms with van der Waals surface area (Å²) >= 11 is -0.245. The number of aliphatic imine (C=N–C) groups is 1. The van der Waals surface area contributed by atoms with E-state index >= 15 is 0 Å². The lowest BCUT2D eigenvalue weighted by Crippen LogP contribution is -2.21. The number of hydrogen-bond donors (Lipinski definition) is 0. The van der Waals surface area contributed by atoms with Crippen molar-refractivity contribution >= 4 is 17.7 Å². The van der Waals surface area contributed by atoms with Crippen molar-refractivity contribution in [2.24, 2.45) is 4.99 Å². The molecule has 2 aromatic rings. The summed E-state index contributed by atoms with van der Waals surface area (Å²) in [5.41, 5.74) is -0.355. The van der Waals surface area contributed by atoms with Gasteiger partial charge in [0.2, 0.25) is 5.90 Å². The Hall–Kier alpha value is -2.36. The molecule has 150 valence electrons. The number of alkyl halides is 4. The lowest BCUT2D eigenvalue weighted by atomic mass is 10.2. The van der Waals surface area contributed by atoms with Gasteiger partial charge in [-0.2, -0.15) is 8.78 Å². The van der Waals surface area contributed by atoms with Gasteiger partial charge in [0.15, 0.2) is 0 Å². The summed E-state index contributed by atoms with van der Waals surface area (Å²) < 4.78 is 88.6. The third-order valence-electron chi connectivity index (χ3n) is 3.66. The molecule has 0 spiro atoms. The van der Waals surface area contributed by atoms with Gasteiger partial charge < -0.3 is 9.47 Å². The van der Waals surface area contributed by atoms with Gasteiger partial charge in [0.1, 0.15) is 42.2 Å². The van der Waals surface area contributed by atoms with Gasteiger partial charge >= 0.3 is 11.7 Å². The van der Waals surface area contributed by atoms with Crippen molar-refractivity contribution in [3.05, 3.63) is 59.7 Å². The molecule has 0 saturated carbocycles. The van der Waals surface area contributed by atoms with Crippen molar-refractivity contribution in [2.45, 2.75) is 22.6 Å². The van der Waals surface area contributed by atoms with Crippen LogP contribution in [0.3, 0.4) is 0 Å². The monoisotopic (exact) mass is 421 g/mol. The van der Waals surface area contributed by atoms with Crippen LogP contribution in [0, 0.1) is 11.6 Å². The van der Waals surface area contributed by atoms with Crippen molar-refractivity contribution in [2.75, 3.05) is 13.2 Å². The van der Waals surface area contributed by atoms with Crippen LogP contribution < -0.4 is 4.74 Å². The molecule has 0 amide bonds. The molecule has 0 aliphatic carbocycles. The van der Waals surface area contributed by atoms with Crippen LogP contribution in [0.5, 0.6) is 5.75 Å². The summed E-state index contributed by atoms with van der Waals surface area (Å²) in [5.74, 6) is -1.46. The Labute approximate surface area is 160 Å². The Balaban J connectivity index is 1.59. The zero-order valence-corrected chi connectivity index (χ0v) is 14.9. The van der Waals surface area contributed by atoms with Crippen molar-refractivity contribution in [1.29, 1.82) is 0 Å². The van der Waals surface area contributed by atoms with Gasteiger partial charge in [0.05, 0.1) is 0 Å². The van der Waals surface area contributed by atoms with E-state index in [2.05, 4.69) is 4.99 Å². The quantitative estimate of drug-likeness (QED) is 0.458. The first-order valence-electron chi connectivity index (χ1n) is 7.99. The highest BCUT2D eigenvalue weighted by molar-refractivity contribution is 8.00. The minimum atomic E-state index is -4.18. The summed E-state index contributed by atoms with van der Waals surface area (Å²) in [6.07, 6.45) is -3.78. The minimum absolute atomic E-state index is 0.0131. The van der Waals surface area contributed by atoms with Crippen LogP contribution in [0.1, 0.15) is 5.56 Å². The maximum atomic E-state index is 13.8. The molecular formula is C18H13F6NO2S. The molecule has 1 aliphatic heterocycles. The molecule has 0 N–H and O–H groups in total. The standard InChI is InChI=1S/C18H13F6NO2S/c19-13-2-1-3-14(20)15(13)16-25-10(9-27-16)8-26-11-4-6-12(7-5-11)28-18(23,24)17(21)22/h1-7,10,17H,8-9H2. The van der Waals surface area contributed by atoms with E-state index in [0.717, 1.165) is 12.1 Å². The van der Waals surface area contributed by atoms with Gasteiger partial charge in [-0.05, 0) is 48.2 Å². The first kappa shape index (κ1) is 20.4. The van der Waals surface area contributed by atoms with E-state index in [0.29, 0.717) is 5.75 Å². The number of rotatable bonds is 7. The van der Waals surface area contributed by atoms with E-state index < -0.39 is 29.4 Å². The predicted octanol–water partition coefficient (Wildman–Crippen LogP) is 5.14. The zero-order valence-electron chi connectivity index (χ0n) is 14.1. The first-order chi connectivity index (χ1) is 13.3. The Morgan fingerprint density at radius 1 is 1.11 bits per heavy atom. The summed E-state index contributed by atoms with van der Waals surface area (Å²) in [7, 11) is 0. The highest BCUT2D eigenvalue weighted by atomic mass is 32.2. The van der Waals surface area contributed by atoms with Crippen LogP contribution in [0.25, 0.3) is 0 Å². The molecule has 0 fully saturated rings. The van der Waals surface area contributed by atoms with Crippen molar-refractivity contribution in [3.8, 4) is 5.75 Å². The zero-order chi connectivity index (χ0) is 20.3. The van der Waals surface area contributed by atoms with Gasteiger partial charge in [0.25, 0.3) is 0 Å². The third-order valence-corrected chi connectivity index (χ3v) is 4.62. The van der Waals surface area contributed by atoms with E-state index in [-0.39, 0.29) is 41.3 Å². The fourth-order valence-electron chi connectivity index (χ4n) is 2.34. The van der Waals surface area contributed by atoms with Crippen LogP contribution in [0.15, 0.2) is 52.4 Å². The Morgan fingerprint density at radius 2 is 1.75 bits per heavy atom. The number of halogens is 6. The number of hydrogen-bond acceptors (Lipinski definition) is 4. The fraction of sp³-hybridized carbons (Fsp3) is 0.278. The van der Waals surface area contributed by atoms with E-state index in [9.17, 15) is 26.3 Å². The van der Waals surface area contributed by atoms with Crippen LogP contribution >= 0.6 is 11.8 Å². The summed E-state index contributed by atoms with van der Waals surface area (Å²) in [4.78, 5) is 4.04. The highest BCUT2D eigenvalue weighted by Gasteiger charge is 2.41.